The van der Waals surface area contributed by atoms with Crippen molar-refractivity contribution in [2.24, 2.45) is 0 Å². The molecule has 0 radical (unpaired) electrons. The molecule has 3 rings (SSSR count). The fourth-order valence-electron chi connectivity index (χ4n) is 2.45. The minimum Gasteiger partial charge on any atom is -0.494 e. The van der Waals surface area contributed by atoms with E-state index in [4.69, 9.17) is 4.74 Å². The Balaban J connectivity index is 2.37. The summed E-state index contributed by atoms with van der Waals surface area (Å²) in [6, 6.07) is 5.97. The van der Waals surface area contributed by atoms with Crippen molar-refractivity contribution < 1.29 is 4.74 Å². The normalized spacial score (nSPS) is 15.6. The van der Waals surface area contributed by atoms with Gasteiger partial charge < -0.3 is 10.1 Å². The summed E-state index contributed by atoms with van der Waals surface area (Å²) in [5, 5.41) is 11.9. The monoisotopic (exact) mass is 244 g/mol. The van der Waals surface area contributed by atoms with E-state index in [1.54, 1.807) is 7.11 Å². The molecule has 0 aliphatic carbocycles. The summed E-state index contributed by atoms with van der Waals surface area (Å²) in [6.45, 7) is 6.14. The summed E-state index contributed by atoms with van der Waals surface area (Å²) in [6.07, 6.45) is 0. The van der Waals surface area contributed by atoms with E-state index in [9.17, 15) is 0 Å². The Morgan fingerprint density at radius 2 is 2.06 bits per heavy atom. The van der Waals surface area contributed by atoms with Crippen LogP contribution in [0, 0.1) is 6.92 Å². The van der Waals surface area contributed by atoms with Crippen molar-refractivity contribution in [2.75, 3.05) is 12.4 Å². The molecule has 1 aliphatic heterocycles. The van der Waals surface area contributed by atoms with Crippen LogP contribution >= 0.6 is 0 Å². The predicted octanol–water partition coefficient (Wildman–Crippen LogP) is 2.24. The van der Waals surface area contributed by atoms with Crippen LogP contribution in [0.2, 0.25) is 0 Å². The Kier molecular flexibility index (Phi) is 2.14. The molecule has 5 nitrogen and oxygen atoms in total. The molecule has 0 atom stereocenters. The second-order valence-corrected chi connectivity index (χ2v) is 5.01. The lowest BCUT2D eigenvalue weighted by molar-refractivity contribution is 0.409. The number of nitrogens with one attached hydrogen (secondary N) is 1. The zero-order valence-electron chi connectivity index (χ0n) is 11.0. The Hall–Kier alpha value is -2.04. The van der Waals surface area contributed by atoms with Gasteiger partial charge in [-0.15, -0.1) is 10.2 Å². The first-order valence-electron chi connectivity index (χ1n) is 5.92. The molecular weight excluding hydrogens is 228 g/mol. The van der Waals surface area contributed by atoms with Crippen LogP contribution in [0.3, 0.4) is 0 Å². The molecule has 0 unspecified atom stereocenters. The molecule has 0 fully saturated rings. The number of para-hydroxylation sites is 1. The Labute approximate surface area is 106 Å². The molecule has 1 aromatic heterocycles. The molecule has 2 aromatic rings. The average molecular weight is 244 g/mol. The quantitative estimate of drug-likeness (QED) is 0.836. The molecule has 0 saturated heterocycles. The minimum atomic E-state index is -0.249. The van der Waals surface area contributed by atoms with Crippen molar-refractivity contribution >= 4 is 5.69 Å². The summed E-state index contributed by atoms with van der Waals surface area (Å²) < 4.78 is 7.51. The van der Waals surface area contributed by atoms with Crippen molar-refractivity contribution in [3.05, 3.63) is 29.8 Å². The predicted molar refractivity (Wildman–Crippen MR) is 69.3 cm³/mol. The lowest BCUT2D eigenvalue weighted by Crippen LogP contribution is -2.36. The average Bonchev–Trinajstić information content (AvgIpc) is 2.71. The SMILES string of the molecule is COc1cccc2c1-n1c(C)nnc1C(C)(C)N2. The first-order chi connectivity index (χ1) is 8.54. The van der Waals surface area contributed by atoms with E-state index in [0.717, 1.165) is 28.8 Å². The Bertz CT molecular complexity index is 615. The van der Waals surface area contributed by atoms with Gasteiger partial charge in [0.15, 0.2) is 5.82 Å². The maximum absolute atomic E-state index is 5.45. The van der Waals surface area contributed by atoms with Gasteiger partial charge in [0.2, 0.25) is 0 Å². The lowest BCUT2D eigenvalue weighted by Gasteiger charge is -2.34. The Morgan fingerprint density at radius 1 is 1.28 bits per heavy atom. The van der Waals surface area contributed by atoms with Crippen LogP contribution in [-0.4, -0.2) is 21.9 Å². The van der Waals surface area contributed by atoms with E-state index in [1.807, 2.05) is 25.1 Å². The number of anilines is 1. The second-order valence-electron chi connectivity index (χ2n) is 5.01. The number of hydrogen-bond acceptors (Lipinski definition) is 4. The van der Waals surface area contributed by atoms with Crippen LogP contribution in [0.5, 0.6) is 5.75 Å². The van der Waals surface area contributed by atoms with Gasteiger partial charge in [0.1, 0.15) is 17.3 Å². The number of ether oxygens (including phenoxy) is 1. The number of methoxy groups -OCH3 is 1. The third kappa shape index (κ3) is 1.33. The molecule has 0 bridgehead atoms. The molecule has 1 aromatic carbocycles. The fraction of sp³-hybridized carbons (Fsp3) is 0.385. The third-order valence-electron chi connectivity index (χ3n) is 3.27. The van der Waals surface area contributed by atoms with Crippen molar-refractivity contribution in [3.63, 3.8) is 0 Å². The van der Waals surface area contributed by atoms with Crippen molar-refractivity contribution in [1.82, 2.24) is 14.8 Å². The molecule has 1 aliphatic rings. The highest BCUT2D eigenvalue weighted by Crippen LogP contribution is 2.40. The van der Waals surface area contributed by atoms with E-state index in [1.165, 1.54) is 0 Å². The first-order valence-corrected chi connectivity index (χ1v) is 5.92. The van der Waals surface area contributed by atoms with Crippen LogP contribution < -0.4 is 10.1 Å². The standard InChI is InChI=1S/C13H16N4O/c1-8-15-16-12-13(2,3)14-9-6-5-7-10(18-4)11(9)17(8)12/h5-7,14H,1-4H3. The zero-order chi connectivity index (χ0) is 12.9. The highest BCUT2D eigenvalue weighted by atomic mass is 16.5. The first kappa shape index (κ1) is 11.1. The van der Waals surface area contributed by atoms with Crippen LogP contribution in [0.15, 0.2) is 18.2 Å². The van der Waals surface area contributed by atoms with Crippen molar-refractivity contribution in [1.29, 1.82) is 0 Å². The maximum atomic E-state index is 5.45. The van der Waals surface area contributed by atoms with Crippen LogP contribution in [-0.2, 0) is 5.54 Å². The van der Waals surface area contributed by atoms with Crippen LogP contribution in [0.1, 0.15) is 25.5 Å². The maximum Gasteiger partial charge on any atom is 0.162 e. The van der Waals surface area contributed by atoms with Crippen molar-refractivity contribution in [2.45, 2.75) is 26.3 Å². The molecule has 0 saturated carbocycles. The number of nitrogens with zero attached hydrogens (tertiary/aromatic N) is 3. The summed E-state index contributed by atoms with van der Waals surface area (Å²) in [4.78, 5) is 0. The van der Waals surface area contributed by atoms with E-state index >= 15 is 0 Å². The van der Waals surface area contributed by atoms with E-state index in [2.05, 4.69) is 33.9 Å². The largest absolute Gasteiger partial charge is 0.494 e. The number of fused-ring (bicyclic) bond motifs is 3. The van der Waals surface area contributed by atoms with Crippen LogP contribution in [0.4, 0.5) is 5.69 Å². The van der Waals surface area contributed by atoms with Gasteiger partial charge in [0.25, 0.3) is 0 Å². The second kappa shape index (κ2) is 3.48. The summed E-state index contributed by atoms with van der Waals surface area (Å²) in [5.41, 5.74) is 1.77. The van der Waals surface area contributed by atoms with Gasteiger partial charge >= 0.3 is 0 Å². The highest BCUT2D eigenvalue weighted by Gasteiger charge is 2.35. The molecule has 2 heterocycles. The summed E-state index contributed by atoms with van der Waals surface area (Å²) in [5.74, 6) is 2.59. The third-order valence-corrected chi connectivity index (χ3v) is 3.27. The molecule has 18 heavy (non-hydrogen) atoms. The van der Waals surface area contributed by atoms with Gasteiger partial charge in [0.05, 0.1) is 18.3 Å². The van der Waals surface area contributed by atoms with Gasteiger partial charge in [-0.3, -0.25) is 4.57 Å². The number of aryl methyl sites for hydroxylation is 1. The van der Waals surface area contributed by atoms with Crippen LogP contribution in [0.25, 0.3) is 5.69 Å². The number of hydrogen-bond donors (Lipinski definition) is 1. The molecule has 0 spiro atoms. The molecule has 94 valence electrons. The van der Waals surface area contributed by atoms with E-state index in [-0.39, 0.29) is 5.54 Å². The van der Waals surface area contributed by atoms with Crippen molar-refractivity contribution in [3.8, 4) is 11.4 Å². The smallest absolute Gasteiger partial charge is 0.162 e. The highest BCUT2D eigenvalue weighted by molar-refractivity contribution is 5.71. The zero-order valence-corrected chi connectivity index (χ0v) is 11.0. The van der Waals surface area contributed by atoms with Gasteiger partial charge in [-0.2, -0.15) is 0 Å². The topological polar surface area (TPSA) is 52.0 Å². The molecule has 1 N–H and O–H groups in total. The van der Waals surface area contributed by atoms with Gasteiger partial charge in [0, 0.05) is 0 Å². The fourth-order valence-corrected chi connectivity index (χ4v) is 2.45. The van der Waals surface area contributed by atoms with Gasteiger partial charge in [-0.05, 0) is 32.9 Å². The lowest BCUT2D eigenvalue weighted by atomic mass is 10.00. The molecular formula is C13H16N4O. The number of benzene rings is 1. The molecule has 0 amide bonds. The van der Waals surface area contributed by atoms with E-state index in [0.29, 0.717) is 0 Å². The Morgan fingerprint density at radius 3 is 2.78 bits per heavy atom. The van der Waals surface area contributed by atoms with Gasteiger partial charge in [-0.1, -0.05) is 6.07 Å². The molecule has 5 heteroatoms. The van der Waals surface area contributed by atoms with E-state index < -0.39 is 0 Å². The summed E-state index contributed by atoms with van der Waals surface area (Å²) in [7, 11) is 1.68. The number of aromatic nitrogens is 3. The van der Waals surface area contributed by atoms with Gasteiger partial charge in [-0.25, -0.2) is 0 Å². The number of rotatable bonds is 1. The minimum absolute atomic E-state index is 0.249. The summed E-state index contributed by atoms with van der Waals surface area (Å²) >= 11 is 0.